The normalized spacial score (nSPS) is 12.3. The van der Waals surface area contributed by atoms with Gasteiger partial charge >= 0.3 is 0 Å². The zero-order chi connectivity index (χ0) is 12.3. The summed E-state index contributed by atoms with van der Waals surface area (Å²) in [5, 5.41) is 0.413. The average molecular weight is 224 g/mol. The molecule has 0 saturated carbocycles. The minimum Gasteiger partial charge on any atom is -0.0913 e. The quantitative estimate of drug-likeness (QED) is 0.573. The predicted molar refractivity (Wildman–Crippen MR) is 74.8 cm³/mol. The zero-order valence-corrected chi connectivity index (χ0v) is 12.9. The molecular formula is C14H28Si. The summed E-state index contributed by atoms with van der Waals surface area (Å²) in [6.45, 7) is 18.4. The van der Waals surface area contributed by atoms with Crippen LogP contribution in [-0.2, 0) is 0 Å². The summed E-state index contributed by atoms with van der Waals surface area (Å²) in [5.41, 5.74) is 8.08. The summed E-state index contributed by atoms with van der Waals surface area (Å²) >= 11 is 0. The Labute approximate surface area is 97.5 Å². The van der Waals surface area contributed by atoms with Crippen molar-refractivity contribution in [1.29, 1.82) is 0 Å². The van der Waals surface area contributed by atoms with Gasteiger partial charge in [-0.05, 0) is 32.7 Å². The molecule has 0 N–H and O–H groups in total. The van der Waals surface area contributed by atoms with Crippen LogP contribution in [0.4, 0.5) is 0 Å². The molecule has 0 heterocycles. The summed E-state index contributed by atoms with van der Waals surface area (Å²) < 4.78 is 0. The fraction of sp³-hybridized carbons (Fsp3) is 0.714. The van der Waals surface area contributed by atoms with E-state index >= 15 is 0 Å². The van der Waals surface area contributed by atoms with Crippen molar-refractivity contribution in [3.05, 3.63) is 22.5 Å². The lowest BCUT2D eigenvalue weighted by atomic mass is 10.2. The lowest BCUT2D eigenvalue weighted by molar-refractivity contribution is 0.724. The summed E-state index contributed by atoms with van der Waals surface area (Å²) in [5.74, 6) is 0. The van der Waals surface area contributed by atoms with Gasteiger partial charge in [-0.15, -0.1) is 0 Å². The predicted octanol–water partition coefficient (Wildman–Crippen LogP) is 5.27. The van der Waals surface area contributed by atoms with Gasteiger partial charge in [-0.1, -0.05) is 56.3 Å². The third-order valence-electron chi connectivity index (χ3n) is 3.07. The third kappa shape index (κ3) is 3.98. The van der Waals surface area contributed by atoms with Gasteiger partial charge < -0.3 is 0 Å². The first kappa shape index (κ1) is 14.7. The maximum Gasteiger partial charge on any atom is 0.107 e. The van der Waals surface area contributed by atoms with E-state index in [4.69, 9.17) is 0 Å². The molecule has 0 unspecified atom stereocenters. The molecule has 0 aliphatic heterocycles. The number of rotatable bonds is 3. The van der Waals surface area contributed by atoms with Gasteiger partial charge in [0, 0.05) is 0 Å². The molecule has 0 fully saturated rings. The Morgan fingerprint density at radius 1 is 0.933 bits per heavy atom. The molecular weight excluding hydrogens is 196 g/mol. The molecule has 0 bridgehead atoms. The largest absolute Gasteiger partial charge is 0.107 e. The molecule has 1 heteroatoms. The Morgan fingerprint density at radius 2 is 1.27 bits per heavy atom. The first-order chi connectivity index (χ1) is 6.64. The first-order valence-electron chi connectivity index (χ1n) is 5.97. The maximum absolute atomic E-state index is 2.57. The van der Waals surface area contributed by atoms with Crippen molar-refractivity contribution in [2.75, 3.05) is 0 Å². The lowest BCUT2D eigenvalue weighted by Gasteiger charge is -2.39. The zero-order valence-electron chi connectivity index (χ0n) is 11.9. The van der Waals surface area contributed by atoms with Crippen molar-refractivity contribution < 1.29 is 0 Å². The van der Waals surface area contributed by atoms with Crippen LogP contribution in [0.2, 0.25) is 11.1 Å². The molecule has 0 aromatic heterocycles. The highest BCUT2D eigenvalue weighted by molar-refractivity contribution is 6.91. The van der Waals surface area contributed by atoms with Crippen LogP contribution in [0.1, 0.15) is 55.4 Å². The summed E-state index contributed by atoms with van der Waals surface area (Å²) in [6.07, 6.45) is 0. The van der Waals surface area contributed by atoms with Gasteiger partial charge in [-0.3, -0.25) is 0 Å². The van der Waals surface area contributed by atoms with Gasteiger partial charge in [0.25, 0.3) is 0 Å². The van der Waals surface area contributed by atoms with Gasteiger partial charge in [0.05, 0.1) is 0 Å². The third-order valence-corrected chi connectivity index (χ3v) is 9.22. The molecule has 0 rings (SSSR count). The summed E-state index contributed by atoms with van der Waals surface area (Å²) in [6, 6.07) is 1.30. The molecule has 0 aromatic carbocycles. The highest BCUT2D eigenvalue weighted by Crippen LogP contribution is 2.41. The Balaban J connectivity index is 5.53. The van der Waals surface area contributed by atoms with Gasteiger partial charge in [-0.2, -0.15) is 0 Å². The van der Waals surface area contributed by atoms with E-state index in [0.29, 0.717) is 5.04 Å². The van der Waals surface area contributed by atoms with Crippen molar-refractivity contribution >= 4 is 8.07 Å². The van der Waals surface area contributed by atoms with Gasteiger partial charge in [-0.25, -0.2) is 0 Å². The van der Waals surface area contributed by atoms with Crippen LogP contribution < -0.4 is 0 Å². The van der Waals surface area contributed by atoms with E-state index in [1.54, 1.807) is 0 Å². The molecule has 0 nitrogen and oxygen atoms in total. The SMILES string of the molecule is CC[Si](C=C(C)C)(C=C(C)C)C(C)(C)C. The monoisotopic (exact) mass is 224 g/mol. The molecule has 0 spiro atoms. The first-order valence-corrected chi connectivity index (χ1v) is 8.33. The number of allylic oxidation sites excluding steroid dienone is 2. The highest BCUT2D eigenvalue weighted by atomic mass is 28.3. The standard InChI is InChI=1S/C14H28Si/c1-9-15(10-12(2)3,11-13(4)5)14(6,7)8/h10-11H,9H2,1-8H3. The van der Waals surface area contributed by atoms with E-state index in [0.717, 1.165) is 0 Å². The Morgan fingerprint density at radius 3 is 1.40 bits per heavy atom. The van der Waals surface area contributed by atoms with Crippen molar-refractivity contribution in [3.63, 3.8) is 0 Å². The van der Waals surface area contributed by atoms with E-state index in [1.807, 2.05) is 0 Å². The van der Waals surface area contributed by atoms with E-state index in [-0.39, 0.29) is 0 Å². The molecule has 0 radical (unpaired) electrons. The Bertz CT molecular complexity index is 238. The molecule has 0 aromatic rings. The molecule has 0 aliphatic rings. The molecule has 15 heavy (non-hydrogen) atoms. The van der Waals surface area contributed by atoms with Gasteiger partial charge in [0.1, 0.15) is 8.07 Å². The Kier molecular flexibility index (Phi) is 5.05. The van der Waals surface area contributed by atoms with Crippen molar-refractivity contribution in [3.8, 4) is 0 Å². The Hall–Kier alpha value is -0.303. The van der Waals surface area contributed by atoms with E-state index in [1.165, 1.54) is 17.2 Å². The topological polar surface area (TPSA) is 0 Å². The number of hydrogen-bond donors (Lipinski definition) is 0. The van der Waals surface area contributed by atoms with Crippen LogP contribution in [0.5, 0.6) is 0 Å². The van der Waals surface area contributed by atoms with Crippen LogP contribution in [0, 0.1) is 0 Å². The number of hydrogen-bond acceptors (Lipinski definition) is 0. The second-order valence-corrected chi connectivity index (χ2v) is 11.0. The summed E-state index contributed by atoms with van der Waals surface area (Å²) in [4.78, 5) is 0. The van der Waals surface area contributed by atoms with Crippen LogP contribution in [-0.4, -0.2) is 8.07 Å². The molecule has 88 valence electrons. The second-order valence-electron chi connectivity index (χ2n) is 6.09. The molecule has 0 amide bonds. The minimum atomic E-state index is -1.42. The smallest absolute Gasteiger partial charge is 0.0913 e. The fourth-order valence-corrected chi connectivity index (χ4v) is 6.72. The van der Waals surface area contributed by atoms with Gasteiger partial charge in [0.2, 0.25) is 0 Å². The van der Waals surface area contributed by atoms with Crippen LogP contribution in [0.25, 0.3) is 0 Å². The van der Waals surface area contributed by atoms with Crippen LogP contribution in [0.15, 0.2) is 22.5 Å². The second kappa shape index (κ2) is 5.15. The van der Waals surface area contributed by atoms with Crippen molar-refractivity contribution in [2.24, 2.45) is 0 Å². The molecule has 0 atom stereocenters. The molecule has 0 saturated heterocycles. The van der Waals surface area contributed by atoms with E-state index in [9.17, 15) is 0 Å². The summed E-state index contributed by atoms with van der Waals surface area (Å²) in [7, 11) is -1.42. The van der Waals surface area contributed by atoms with Crippen molar-refractivity contribution in [1.82, 2.24) is 0 Å². The van der Waals surface area contributed by atoms with E-state index < -0.39 is 8.07 Å². The van der Waals surface area contributed by atoms with Gasteiger partial charge in [0.15, 0.2) is 0 Å². The maximum atomic E-state index is 2.57. The van der Waals surface area contributed by atoms with Crippen LogP contribution >= 0.6 is 0 Å². The van der Waals surface area contributed by atoms with E-state index in [2.05, 4.69) is 66.8 Å². The fourth-order valence-electron chi connectivity index (χ4n) is 2.24. The average Bonchev–Trinajstić information content (AvgIpc) is 1.98. The molecule has 0 aliphatic carbocycles. The minimum absolute atomic E-state index is 0.413. The van der Waals surface area contributed by atoms with Crippen LogP contribution in [0.3, 0.4) is 0 Å². The highest BCUT2D eigenvalue weighted by Gasteiger charge is 2.38. The lowest BCUT2D eigenvalue weighted by Crippen LogP contribution is -2.40. The van der Waals surface area contributed by atoms with Crippen molar-refractivity contribution in [2.45, 2.75) is 66.5 Å².